The van der Waals surface area contributed by atoms with Crippen LogP contribution in [0.1, 0.15) is 11.1 Å². The Bertz CT molecular complexity index is 822. The molecule has 0 bridgehead atoms. The second-order valence-corrected chi connectivity index (χ2v) is 5.35. The number of carbonyl (C=O) groups excluding carboxylic acids is 1. The number of esters is 1. The van der Waals surface area contributed by atoms with Crippen molar-refractivity contribution < 1.29 is 19.1 Å². The Labute approximate surface area is 131 Å². The summed E-state index contributed by atoms with van der Waals surface area (Å²) in [6.45, 7) is 0.177. The number of benzene rings is 2. The molecule has 0 aliphatic carbocycles. The first-order chi connectivity index (χ1) is 10.6. The van der Waals surface area contributed by atoms with Gasteiger partial charge < -0.3 is 14.3 Å². The molecule has 0 saturated heterocycles. The van der Waals surface area contributed by atoms with E-state index in [0.717, 1.165) is 16.5 Å². The van der Waals surface area contributed by atoms with Crippen LogP contribution in [0.5, 0.6) is 5.75 Å². The van der Waals surface area contributed by atoms with Crippen molar-refractivity contribution in [2.45, 2.75) is 13.0 Å². The zero-order valence-corrected chi connectivity index (χ0v) is 12.3. The zero-order valence-electron chi connectivity index (χ0n) is 11.6. The molecule has 4 nitrogen and oxygen atoms in total. The van der Waals surface area contributed by atoms with Crippen LogP contribution in [0.25, 0.3) is 11.0 Å². The highest BCUT2D eigenvalue weighted by Gasteiger charge is 2.12. The fourth-order valence-electron chi connectivity index (χ4n) is 2.21. The van der Waals surface area contributed by atoms with Gasteiger partial charge in [0.1, 0.15) is 17.9 Å². The van der Waals surface area contributed by atoms with Crippen molar-refractivity contribution in [3.63, 3.8) is 0 Å². The van der Waals surface area contributed by atoms with Crippen LogP contribution in [0.2, 0.25) is 5.02 Å². The van der Waals surface area contributed by atoms with Crippen molar-refractivity contribution in [2.24, 2.45) is 0 Å². The van der Waals surface area contributed by atoms with Crippen LogP contribution in [-0.4, -0.2) is 11.1 Å². The maximum absolute atomic E-state index is 11.9. The Morgan fingerprint density at radius 3 is 2.91 bits per heavy atom. The standard InChI is InChI=1S/C17H13ClO4/c18-13-3-1-2-11(6-13)9-22-17(20)7-12-10-21-16-8-14(19)4-5-15(12)16/h1-6,8,10,19H,7,9H2. The van der Waals surface area contributed by atoms with Gasteiger partial charge in [-0.25, -0.2) is 0 Å². The fraction of sp³-hybridized carbons (Fsp3) is 0.118. The Balaban J connectivity index is 1.66. The van der Waals surface area contributed by atoms with E-state index >= 15 is 0 Å². The Morgan fingerprint density at radius 1 is 1.23 bits per heavy atom. The Hall–Kier alpha value is -2.46. The van der Waals surface area contributed by atoms with Crippen LogP contribution in [0.15, 0.2) is 53.1 Å². The lowest BCUT2D eigenvalue weighted by molar-refractivity contribution is -0.144. The third-order valence-corrected chi connectivity index (χ3v) is 3.50. The molecule has 5 heteroatoms. The van der Waals surface area contributed by atoms with Crippen LogP contribution >= 0.6 is 11.6 Å². The molecular formula is C17H13ClO4. The molecule has 0 amide bonds. The molecule has 0 saturated carbocycles. The second-order valence-electron chi connectivity index (χ2n) is 4.91. The number of phenols is 1. The van der Waals surface area contributed by atoms with E-state index < -0.39 is 0 Å². The van der Waals surface area contributed by atoms with Gasteiger partial charge in [0.2, 0.25) is 0 Å². The van der Waals surface area contributed by atoms with Crippen molar-refractivity contribution in [1.29, 1.82) is 0 Å². The number of ether oxygens (including phenoxy) is 1. The van der Waals surface area contributed by atoms with Crippen molar-refractivity contribution in [3.05, 3.63) is 64.9 Å². The predicted octanol–water partition coefficient (Wildman–Crippen LogP) is 4.08. The van der Waals surface area contributed by atoms with E-state index in [1.54, 1.807) is 24.3 Å². The number of hydrogen-bond donors (Lipinski definition) is 1. The van der Waals surface area contributed by atoms with E-state index in [9.17, 15) is 9.90 Å². The molecule has 3 rings (SSSR count). The summed E-state index contributed by atoms with van der Waals surface area (Å²) >= 11 is 5.88. The van der Waals surface area contributed by atoms with E-state index in [-0.39, 0.29) is 24.7 Å². The van der Waals surface area contributed by atoms with Crippen molar-refractivity contribution in [3.8, 4) is 5.75 Å². The monoisotopic (exact) mass is 316 g/mol. The number of carbonyl (C=O) groups is 1. The fourth-order valence-corrected chi connectivity index (χ4v) is 2.42. The van der Waals surface area contributed by atoms with Gasteiger partial charge in [-0.2, -0.15) is 0 Å². The quantitative estimate of drug-likeness (QED) is 0.737. The third-order valence-electron chi connectivity index (χ3n) is 3.26. The Morgan fingerprint density at radius 2 is 2.09 bits per heavy atom. The minimum absolute atomic E-state index is 0.109. The normalized spacial score (nSPS) is 10.8. The van der Waals surface area contributed by atoms with Gasteiger partial charge in [0.15, 0.2) is 0 Å². The number of fused-ring (bicyclic) bond motifs is 1. The predicted molar refractivity (Wildman–Crippen MR) is 82.8 cm³/mol. The summed E-state index contributed by atoms with van der Waals surface area (Å²) in [6.07, 6.45) is 1.61. The molecular weight excluding hydrogens is 304 g/mol. The summed E-state index contributed by atoms with van der Waals surface area (Å²) in [6, 6.07) is 11.9. The van der Waals surface area contributed by atoms with Gasteiger partial charge in [0.05, 0.1) is 12.7 Å². The maximum atomic E-state index is 11.9. The number of hydrogen-bond acceptors (Lipinski definition) is 4. The number of rotatable bonds is 4. The lowest BCUT2D eigenvalue weighted by Gasteiger charge is -2.04. The van der Waals surface area contributed by atoms with E-state index in [1.807, 2.05) is 12.1 Å². The van der Waals surface area contributed by atoms with Crippen molar-refractivity contribution >= 4 is 28.5 Å². The lowest BCUT2D eigenvalue weighted by Crippen LogP contribution is -2.07. The van der Waals surface area contributed by atoms with Gasteiger partial charge in [-0.15, -0.1) is 0 Å². The summed E-state index contributed by atoms with van der Waals surface area (Å²) in [5.74, 6) is -0.229. The van der Waals surface area contributed by atoms with Crippen molar-refractivity contribution in [1.82, 2.24) is 0 Å². The van der Waals surface area contributed by atoms with Gasteiger partial charge in [0, 0.05) is 22.0 Å². The highest BCUT2D eigenvalue weighted by Crippen LogP contribution is 2.25. The molecule has 3 aromatic rings. The number of phenolic OH excluding ortho intramolecular Hbond substituents is 1. The molecule has 1 heterocycles. The molecule has 2 aromatic carbocycles. The molecule has 0 aliphatic rings. The zero-order chi connectivity index (χ0) is 15.5. The summed E-state index contributed by atoms with van der Waals surface area (Å²) in [5, 5.41) is 10.8. The minimum atomic E-state index is -0.351. The topological polar surface area (TPSA) is 59.7 Å². The summed E-state index contributed by atoms with van der Waals surface area (Å²) in [4.78, 5) is 11.9. The average molecular weight is 317 g/mol. The molecule has 0 unspecified atom stereocenters. The molecule has 0 spiro atoms. The molecule has 22 heavy (non-hydrogen) atoms. The molecule has 1 N–H and O–H groups in total. The SMILES string of the molecule is O=C(Cc1coc2cc(O)ccc12)OCc1cccc(Cl)c1. The number of furan rings is 1. The summed E-state index contributed by atoms with van der Waals surface area (Å²) in [7, 11) is 0. The van der Waals surface area contributed by atoms with Crippen LogP contribution < -0.4 is 0 Å². The smallest absolute Gasteiger partial charge is 0.310 e. The van der Waals surface area contributed by atoms with Crippen molar-refractivity contribution in [2.75, 3.05) is 0 Å². The molecule has 0 atom stereocenters. The number of halogens is 1. The van der Waals surface area contributed by atoms with Gasteiger partial charge in [0.25, 0.3) is 0 Å². The third kappa shape index (κ3) is 3.23. The van der Waals surface area contributed by atoms with E-state index in [2.05, 4.69) is 0 Å². The molecule has 0 radical (unpaired) electrons. The Kier molecular flexibility index (Phi) is 4.02. The maximum Gasteiger partial charge on any atom is 0.310 e. The van der Waals surface area contributed by atoms with Crippen LogP contribution in [-0.2, 0) is 22.6 Å². The van der Waals surface area contributed by atoms with E-state index in [0.29, 0.717) is 10.6 Å². The van der Waals surface area contributed by atoms with E-state index in [1.165, 1.54) is 12.3 Å². The van der Waals surface area contributed by atoms with Crippen LogP contribution in [0.4, 0.5) is 0 Å². The average Bonchev–Trinajstić information content (AvgIpc) is 2.87. The highest BCUT2D eigenvalue weighted by atomic mass is 35.5. The lowest BCUT2D eigenvalue weighted by atomic mass is 10.1. The van der Waals surface area contributed by atoms with Crippen LogP contribution in [0.3, 0.4) is 0 Å². The first-order valence-electron chi connectivity index (χ1n) is 6.71. The number of aromatic hydroxyl groups is 1. The first kappa shape index (κ1) is 14.5. The largest absolute Gasteiger partial charge is 0.508 e. The van der Waals surface area contributed by atoms with Gasteiger partial charge in [-0.05, 0) is 29.8 Å². The van der Waals surface area contributed by atoms with Gasteiger partial charge in [-0.3, -0.25) is 4.79 Å². The minimum Gasteiger partial charge on any atom is -0.508 e. The van der Waals surface area contributed by atoms with E-state index in [4.69, 9.17) is 20.8 Å². The molecule has 1 aromatic heterocycles. The summed E-state index contributed by atoms with van der Waals surface area (Å²) in [5.41, 5.74) is 2.10. The van der Waals surface area contributed by atoms with Crippen LogP contribution in [0, 0.1) is 0 Å². The molecule has 112 valence electrons. The molecule has 0 aliphatic heterocycles. The summed E-state index contributed by atoms with van der Waals surface area (Å²) < 4.78 is 10.6. The van der Waals surface area contributed by atoms with Gasteiger partial charge in [-0.1, -0.05) is 23.7 Å². The van der Waals surface area contributed by atoms with Gasteiger partial charge >= 0.3 is 5.97 Å². The second kappa shape index (κ2) is 6.12. The molecule has 0 fully saturated rings. The highest BCUT2D eigenvalue weighted by molar-refractivity contribution is 6.30. The first-order valence-corrected chi connectivity index (χ1v) is 7.09.